The van der Waals surface area contributed by atoms with Crippen molar-refractivity contribution in [3.05, 3.63) is 113 Å². The molecule has 244 valence electrons. The van der Waals surface area contributed by atoms with Gasteiger partial charge in [-0.25, -0.2) is 9.37 Å². The number of para-hydroxylation sites is 1. The predicted molar refractivity (Wildman–Crippen MR) is 187 cm³/mol. The van der Waals surface area contributed by atoms with Crippen molar-refractivity contribution in [3.63, 3.8) is 0 Å². The first-order chi connectivity index (χ1) is 22.3. The molecule has 1 saturated heterocycles. The Morgan fingerprint density at radius 2 is 1.35 bits per heavy atom. The molecule has 2 aliphatic rings. The second kappa shape index (κ2) is 14.4. The van der Waals surface area contributed by atoms with Crippen molar-refractivity contribution in [2.75, 3.05) is 44.0 Å². The van der Waals surface area contributed by atoms with Gasteiger partial charge in [0, 0.05) is 38.3 Å². The summed E-state index contributed by atoms with van der Waals surface area (Å²) in [6.45, 7) is 6.71. The van der Waals surface area contributed by atoms with Crippen LogP contribution in [0.25, 0.3) is 0 Å². The lowest BCUT2D eigenvalue weighted by Crippen LogP contribution is -2.39. The van der Waals surface area contributed by atoms with Crippen LogP contribution < -0.4 is 9.80 Å². The molecule has 4 aromatic rings. The van der Waals surface area contributed by atoms with Crippen LogP contribution in [0.2, 0.25) is 0 Å². The Labute approximate surface area is 275 Å². The standard InChI is InChI=1S/C40H51FN4O/c1-28-24-29(2)27-45(26-28)40-36(25-30-12-8-6-9-13-30)42-39(46-40)38(44(5)35-14-10-7-11-15-35)33-18-16-31(17-19-33)37(43(3)4)32-20-22-34(41)23-21-32/h6-15,20-23,28-29,31,33,37-38H,16-19,24-27H2,1-5H3. The molecule has 1 saturated carbocycles. The average molecular weight is 623 g/mol. The van der Waals surface area contributed by atoms with Gasteiger partial charge in [-0.1, -0.05) is 74.5 Å². The number of halogens is 1. The molecule has 6 rings (SSSR count). The van der Waals surface area contributed by atoms with Gasteiger partial charge in [0.1, 0.15) is 17.6 Å². The van der Waals surface area contributed by atoms with E-state index in [1.165, 1.54) is 23.2 Å². The van der Waals surface area contributed by atoms with Crippen LogP contribution in [0, 0.1) is 29.5 Å². The maximum absolute atomic E-state index is 13.8. The zero-order valence-electron chi connectivity index (χ0n) is 28.3. The van der Waals surface area contributed by atoms with E-state index in [0.29, 0.717) is 23.7 Å². The highest BCUT2D eigenvalue weighted by molar-refractivity contribution is 5.49. The molecule has 0 spiro atoms. The van der Waals surface area contributed by atoms with Crippen molar-refractivity contribution in [1.29, 1.82) is 0 Å². The van der Waals surface area contributed by atoms with Gasteiger partial charge in [0.15, 0.2) is 0 Å². The van der Waals surface area contributed by atoms with E-state index in [-0.39, 0.29) is 17.9 Å². The molecule has 1 aliphatic carbocycles. The first kappa shape index (κ1) is 32.3. The second-order valence-electron chi connectivity index (χ2n) is 14.3. The molecule has 0 amide bonds. The maximum atomic E-state index is 13.8. The van der Waals surface area contributed by atoms with Crippen LogP contribution in [0.5, 0.6) is 0 Å². The summed E-state index contributed by atoms with van der Waals surface area (Å²) >= 11 is 0. The first-order valence-electron chi connectivity index (χ1n) is 17.2. The van der Waals surface area contributed by atoms with Crippen molar-refractivity contribution in [2.24, 2.45) is 23.7 Å². The van der Waals surface area contributed by atoms with Crippen molar-refractivity contribution < 1.29 is 8.81 Å². The molecule has 3 aromatic carbocycles. The fourth-order valence-corrected chi connectivity index (χ4v) is 8.40. The molecular formula is C40H51FN4O. The molecule has 0 radical (unpaired) electrons. The topological polar surface area (TPSA) is 35.8 Å². The molecule has 6 heteroatoms. The van der Waals surface area contributed by atoms with E-state index in [4.69, 9.17) is 9.40 Å². The molecule has 1 aliphatic heterocycles. The van der Waals surface area contributed by atoms with Gasteiger partial charge in [0.2, 0.25) is 11.8 Å². The molecule has 46 heavy (non-hydrogen) atoms. The van der Waals surface area contributed by atoms with Gasteiger partial charge >= 0.3 is 0 Å². The molecule has 0 bridgehead atoms. The predicted octanol–water partition coefficient (Wildman–Crippen LogP) is 9.17. The third kappa shape index (κ3) is 7.33. The summed E-state index contributed by atoms with van der Waals surface area (Å²) in [6.07, 6.45) is 6.39. The number of rotatable bonds is 10. The minimum Gasteiger partial charge on any atom is -0.423 e. The summed E-state index contributed by atoms with van der Waals surface area (Å²) in [7, 11) is 6.51. The SMILES string of the molecule is CC1CC(C)CN(c2oc(C(C3CCC(C(c4ccc(F)cc4)N(C)C)CC3)N(C)c3ccccc3)nc2Cc2ccccc2)C1. The van der Waals surface area contributed by atoms with Crippen LogP contribution in [0.4, 0.5) is 16.0 Å². The molecule has 0 N–H and O–H groups in total. The zero-order valence-corrected chi connectivity index (χ0v) is 28.3. The third-order valence-corrected chi connectivity index (χ3v) is 10.4. The van der Waals surface area contributed by atoms with Gasteiger partial charge in [-0.15, -0.1) is 0 Å². The molecule has 4 atom stereocenters. The molecule has 2 heterocycles. The second-order valence-corrected chi connectivity index (χ2v) is 14.3. The van der Waals surface area contributed by atoms with Crippen molar-refractivity contribution in [2.45, 2.75) is 64.5 Å². The molecule has 2 fully saturated rings. The quantitative estimate of drug-likeness (QED) is 0.176. The Morgan fingerprint density at radius 3 is 1.93 bits per heavy atom. The number of hydrogen-bond donors (Lipinski definition) is 0. The van der Waals surface area contributed by atoms with E-state index in [9.17, 15) is 4.39 Å². The van der Waals surface area contributed by atoms with E-state index in [0.717, 1.165) is 62.7 Å². The van der Waals surface area contributed by atoms with Gasteiger partial charge < -0.3 is 19.1 Å². The third-order valence-electron chi connectivity index (χ3n) is 10.4. The van der Waals surface area contributed by atoms with Crippen molar-refractivity contribution >= 4 is 11.6 Å². The minimum absolute atomic E-state index is 0.0230. The van der Waals surface area contributed by atoms with Crippen LogP contribution in [-0.2, 0) is 6.42 Å². The number of piperidine rings is 1. The van der Waals surface area contributed by atoms with Gasteiger partial charge in [-0.2, -0.15) is 0 Å². The number of hydrogen-bond acceptors (Lipinski definition) is 5. The van der Waals surface area contributed by atoms with Crippen LogP contribution >= 0.6 is 0 Å². The summed E-state index contributed by atoms with van der Waals surface area (Å²) in [5, 5.41) is 0. The van der Waals surface area contributed by atoms with Gasteiger partial charge in [0.25, 0.3) is 0 Å². The largest absolute Gasteiger partial charge is 0.423 e. The minimum atomic E-state index is -0.179. The fraction of sp³-hybridized carbons (Fsp3) is 0.475. The lowest BCUT2D eigenvalue weighted by Gasteiger charge is -2.41. The summed E-state index contributed by atoms with van der Waals surface area (Å²) in [5.41, 5.74) is 4.68. The highest BCUT2D eigenvalue weighted by atomic mass is 19.1. The maximum Gasteiger partial charge on any atom is 0.220 e. The number of oxazole rings is 1. The normalized spacial score (nSPS) is 23.3. The van der Waals surface area contributed by atoms with E-state index >= 15 is 0 Å². The van der Waals surface area contributed by atoms with Crippen molar-refractivity contribution in [3.8, 4) is 0 Å². The van der Waals surface area contributed by atoms with Crippen LogP contribution in [0.15, 0.2) is 89.3 Å². The highest BCUT2D eigenvalue weighted by Gasteiger charge is 2.39. The Morgan fingerprint density at radius 1 is 0.783 bits per heavy atom. The van der Waals surface area contributed by atoms with Crippen LogP contribution in [-0.4, -0.2) is 44.1 Å². The highest BCUT2D eigenvalue weighted by Crippen LogP contribution is 2.46. The number of nitrogens with zero attached hydrogens (tertiary/aromatic N) is 4. The van der Waals surface area contributed by atoms with E-state index in [1.807, 2.05) is 12.1 Å². The summed E-state index contributed by atoms with van der Waals surface area (Å²) in [6, 6.07) is 28.8. The molecule has 1 aromatic heterocycles. The monoisotopic (exact) mass is 622 g/mol. The summed E-state index contributed by atoms with van der Waals surface area (Å²) in [5.74, 6) is 3.75. The van der Waals surface area contributed by atoms with E-state index in [1.54, 1.807) is 12.1 Å². The van der Waals surface area contributed by atoms with Gasteiger partial charge in [-0.3, -0.25) is 0 Å². The number of anilines is 2. The lowest BCUT2D eigenvalue weighted by molar-refractivity contribution is 0.135. The number of benzene rings is 3. The lowest BCUT2D eigenvalue weighted by atomic mass is 9.73. The van der Waals surface area contributed by atoms with Crippen LogP contribution in [0.1, 0.15) is 80.7 Å². The van der Waals surface area contributed by atoms with Crippen molar-refractivity contribution in [1.82, 2.24) is 9.88 Å². The Balaban J connectivity index is 1.33. The fourth-order valence-electron chi connectivity index (χ4n) is 8.40. The average Bonchev–Trinajstić information content (AvgIpc) is 3.46. The van der Waals surface area contributed by atoms with Gasteiger partial charge in [0.05, 0.1) is 0 Å². The van der Waals surface area contributed by atoms with Crippen LogP contribution in [0.3, 0.4) is 0 Å². The zero-order chi connectivity index (χ0) is 32.2. The van der Waals surface area contributed by atoms with E-state index < -0.39 is 0 Å². The Hall–Kier alpha value is -3.64. The molecule has 5 nitrogen and oxygen atoms in total. The smallest absolute Gasteiger partial charge is 0.220 e. The van der Waals surface area contributed by atoms with Gasteiger partial charge in [-0.05, 0) is 105 Å². The van der Waals surface area contributed by atoms with E-state index in [2.05, 4.69) is 110 Å². The Bertz CT molecular complexity index is 1500. The summed E-state index contributed by atoms with van der Waals surface area (Å²) < 4.78 is 20.8. The number of aromatic nitrogens is 1. The molecular weight excluding hydrogens is 571 g/mol. The Kier molecular flexibility index (Phi) is 10.1. The first-order valence-corrected chi connectivity index (χ1v) is 17.2. The molecule has 4 unspecified atom stereocenters. The summed E-state index contributed by atoms with van der Waals surface area (Å²) in [4.78, 5) is 12.6.